The lowest BCUT2D eigenvalue weighted by Gasteiger charge is -2.33. The van der Waals surface area contributed by atoms with Gasteiger partial charge in [0.15, 0.2) is 5.13 Å². The molecule has 0 bridgehead atoms. The van der Waals surface area contributed by atoms with Crippen LogP contribution in [0.25, 0.3) is 0 Å². The summed E-state index contributed by atoms with van der Waals surface area (Å²) in [6.45, 7) is 2.20. The van der Waals surface area contributed by atoms with Gasteiger partial charge in [-0.05, 0) is 22.0 Å². The number of piperazine rings is 1. The molecule has 0 aromatic carbocycles. The standard InChI is InChI=1S/C12H13BrN4O2S2/c13-10-7-11(9-14-8-10)21(18,19)17-4-2-16(3-5-17)12-15-1-6-20-12/h1,6-9H,2-5H2. The SMILES string of the molecule is O=S(=O)(c1cncc(Br)c1)N1CCN(c2nccs2)CC1. The Labute approximate surface area is 135 Å². The third kappa shape index (κ3) is 3.10. The van der Waals surface area contributed by atoms with Crippen molar-refractivity contribution in [3.05, 3.63) is 34.5 Å². The third-order valence-corrected chi connectivity index (χ3v) is 6.38. The highest BCUT2D eigenvalue weighted by molar-refractivity contribution is 9.10. The Morgan fingerprint density at radius 3 is 2.57 bits per heavy atom. The van der Waals surface area contributed by atoms with Gasteiger partial charge in [-0.25, -0.2) is 13.4 Å². The fraction of sp³-hybridized carbons (Fsp3) is 0.333. The normalized spacial score (nSPS) is 17.1. The average Bonchev–Trinajstić information content (AvgIpc) is 3.02. The highest BCUT2D eigenvalue weighted by Crippen LogP contribution is 2.23. The molecule has 21 heavy (non-hydrogen) atoms. The number of halogens is 1. The molecule has 112 valence electrons. The first-order valence-electron chi connectivity index (χ1n) is 6.32. The molecule has 3 heterocycles. The molecule has 0 N–H and O–H groups in total. The molecule has 0 amide bonds. The summed E-state index contributed by atoms with van der Waals surface area (Å²) in [5.41, 5.74) is 0. The van der Waals surface area contributed by atoms with Crippen molar-refractivity contribution in [3.63, 3.8) is 0 Å². The quantitative estimate of drug-likeness (QED) is 0.801. The molecule has 0 spiro atoms. The van der Waals surface area contributed by atoms with Crippen LogP contribution < -0.4 is 4.90 Å². The van der Waals surface area contributed by atoms with E-state index in [0.29, 0.717) is 30.7 Å². The van der Waals surface area contributed by atoms with E-state index in [1.165, 1.54) is 10.5 Å². The zero-order chi connectivity index (χ0) is 14.9. The van der Waals surface area contributed by atoms with Gasteiger partial charge in [-0.2, -0.15) is 4.31 Å². The highest BCUT2D eigenvalue weighted by Gasteiger charge is 2.29. The van der Waals surface area contributed by atoms with E-state index in [-0.39, 0.29) is 4.90 Å². The van der Waals surface area contributed by atoms with Gasteiger partial charge >= 0.3 is 0 Å². The van der Waals surface area contributed by atoms with Gasteiger partial charge in [0.2, 0.25) is 10.0 Å². The molecule has 1 fully saturated rings. The van der Waals surface area contributed by atoms with Gasteiger partial charge in [-0.3, -0.25) is 4.98 Å². The van der Waals surface area contributed by atoms with Crippen LogP contribution in [0.15, 0.2) is 39.4 Å². The Morgan fingerprint density at radius 1 is 1.19 bits per heavy atom. The Bertz CT molecular complexity index is 713. The molecule has 1 aliphatic rings. The summed E-state index contributed by atoms with van der Waals surface area (Å²) in [7, 11) is -3.48. The number of anilines is 1. The number of aromatic nitrogens is 2. The van der Waals surface area contributed by atoms with E-state index < -0.39 is 10.0 Å². The molecule has 3 rings (SSSR count). The molecular formula is C12H13BrN4O2S2. The number of nitrogens with zero attached hydrogens (tertiary/aromatic N) is 4. The van der Waals surface area contributed by atoms with E-state index >= 15 is 0 Å². The number of hydrogen-bond donors (Lipinski definition) is 0. The van der Waals surface area contributed by atoms with Crippen LogP contribution in [0.1, 0.15) is 0 Å². The van der Waals surface area contributed by atoms with Gasteiger partial charge in [-0.1, -0.05) is 0 Å². The summed E-state index contributed by atoms with van der Waals surface area (Å²) in [6, 6.07) is 1.58. The molecule has 6 nitrogen and oxygen atoms in total. The van der Waals surface area contributed by atoms with Gasteiger partial charge in [0, 0.05) is 54.6 Å². The lowest BCUT2D eigenvalue weighted by Crippen LogP contribution is -2.48. The minimum absolute atomic E-state index is 0.222. The zero-order valence-corrected chi connectivity index (χ0v) is 14.2. The number of hydrogen-bond acceptors (Lipinski definition) is 6. The summed E-state index contributed by atoms with van der Waals surface area (Å²) in [6.07, 6.45) is 4.71. The van der Waals surface area contributed by atoms with E-state index in [1.54, 1.807) is 29.8 Å². The fourth-order valence-electron chi connectivity index (χ4n) is 2.17. The molecule has 0 aliphatic carbocycles. The predicted octanol–water partition coefficient (Wildman–Crippen LogP) is 1.81. The minimum atomic E-state index is -3.48. The zero-order valence-electron chi connectivity index (χ0n) is 11.0. The molecule has 0 saturated carbocycles. The van der Waals surface area contributed by atoms with Crippen LogP contribution in [0.4, 0.5) is 5.13 Å². The first-order valence-corrected chi connectivity index (χ1v) is 9.44. The largest absolute Gasteiger partial charge is 0.345 e. The fourth-order valence-corrected chi connectivity index (χ4v) is 4.80. The number of sulfonamides is 1. The number of thiazole rings is 1. The van der Waals surface area contributed by atoms with Gasteiger partial charge < -0.3 is 4.90 Å². The van der Waals surface area contributed by atoms with Crippen molar-refractivity contribution < 1.29 is 8.42 Å². The van der Waals surface area contributed by atoms with Crippen molar-refractivity contribution in [3.8, 4) is 0 Å². The van der Waals surface area contributed by atoms with Crippen LogP contribution in [0.3, 0.4) is 0 Å². The van der Waals surface area contributed by atoms with Crippen molar-refractivity contribution in [2.24, 2.45) is 0 Å². The van der Waals surface area contributed by atoms with Gasteiger partial charge in [0.05, 0.1) is 0 Å². The monoisotopic (exact) mass is 388 g/mol. The third-order valence-electron chi connectivity index (χ3n) is 3.25. The van der Waals surface area contributed by atoms with Crippen molar-refractivity contribution in [1.82, 2.24) is 14.3 Å². The molecule has 0 unspecified atom stereocenters. The van der Waals surface area contributed by atoms with Gasteiger partial charge in [0.1, 0.15) is 4.90 Å². The highest BCUT2D eigenvalue weighted by atomic mass is 79.9. The van der Waals surface area contributed by atoms with Crippen LogP contribution in [0.2, 0.25) is 0 Å². The average molecular weight is 389 g/mol. The Kier molecular flexibility index (Phi) is 4.25. The maximum Gasteiger partial charge on any atom is 0.244 e. The molecule has 9 heteroatoms. The summed E-state index contributed by atoms with van der Waals surface area (Å²) in [5, 5.41) is 2.86. The second-order valence-electron chi connectivity index (χ2n) is 4.54. The van der Waals surface area contributed by atoms with Crippen molar-refractivity contribution in [1.29, 1.82) is 0 Å². The second kappa shape index (κ2) is 5.99. The van der Waals surface area contributed by atoms with Gasteiger partial charge in [-0.15, -0.1) is 11.3 Å². The smallest absolute Gasteiger partial charge is 0.244 e. The molecule has 0 atom stereocenters. The van der Waals surface area contributed by atoms with E-state index in [2.05, 4.69) is 30.8 Å². The Morgan fingerprint density at radius 2 is 1.95 bits per heavy atom. The van der Waals surface area contributed by atoms with Crippen LogP contribution in [-0.2, 0) is 10.0 Å². The molecule has 1 saturated heterocycles. The lowest BCUT2D eigenvalue weighted by atomic mass is 10.4. The van der Waals surface area contributed by atoms with Gasteiger partial charge in [0.25, 0.3) is 0 Å². The van der Waals surface area contributed by atoms with Crippen LogP contribution in [0.5, 0.6) is 0 Å². The maximum atomic E-state index is 12.6. The first kappa shape index (κ1) is 14.9. The molecule has 0 radical (unpaired) electrons. The first-order chi connectivity index (χ1) is 10.1. The minimum Gasteiger partial charge on any atom is -0.345 e. The van der Waals surface area contributed by atoms with Crippen LogP contribution in [-0.4, -0.2) is 48.9 Å². The van der Waals surface area contributed by atoms with E-state index in [0.717, 1.165) is 5.13 Å². The number of pyridine rings is 1. The summed E-state index contributed by atoms with van der Waals surface area (Å²) in [4.78, 5) is 10.5. The van der Waals surface area contributed by atoms with Crippen molar-refractivity contribution in [2.45, 2.75) is 4.90 Å². The molecule has 2 aromatic rings. The van der Waals surface area contributed by atoms with E-state index in [4.69, 9.17) is 0 Å². The predicted molar refractivity (Wildman–Crippen MR) is 85.0 cm³/mol. The lowest BCUT2D eigenvalue weighted by molar-refractivity contribution is 0.384. The summed E-state index contributed by atoms with van der Waals surface area (Å²) in [5.74, 6) is 0. The van der Waals surface area contributed by atoms with E-state index in [1.807, 2.05) is 5.38 Å². The van der Waals surface area contributed by atoms with Crippen LogP contribution in [0, 0.1) is 0 Å². The topological polar surface area (TPSA) is 66.4 Å². The maximum absolute atomic E-state index is 12.6. The molecule has 2 aromatic heterocycles. The Balaban J connectivity index is 1.74. The Hall–Kier alpha value is -1.03. The van der Waals surface area contributed by atoms with Crippen molar-refractivity contribution >= 4 is 42.4 Å². The summed E-state index contributed by atoms with van der Waals surface area (Å²) < 4.78 is 27.3. The molecule has 1 aliphatic heterocycles. The summed E-state index contributed by atoms with van der Waals surface area (Å²) >= 11 is 4.82. The number of rotatable bonds is 3. The van der Waals surface area contributed by atoms with Crippen LogP contribution >= 0.6 is 27.3 Å². The molecular weight excluding hydrogens is 376 g/mol. The van der Waals surface area contributed by atoms with Crippen molar-refractivity contribution in [2.75, 3.05) is 31.1 Å². The van der Waals surface area contributed by atoms with E-state index in [9.17, 15) is 8.42 Å². The second-order valence-corrected chi connectivity index (χ2v) is 8.27.